The summed E-state index contributed by atoms with van der Waals surface area (Å²) in [5.74, 6) is 0.472. The standard InChI is InChI=1S/C24H39N3O4S/c1-4-12-26(18-20-10-13-27(14-11-20)32(3,29)30)19(2)16-21-7-5-8-22(17-21)25-24(28)23-9-6-15-31-23/h5,7-8,17,19-20,23H,4,6,9-16,18H2,1-3H3,(H,25,28)/t19-,23?/m0/s1. The Kier molecular flexibility index (Phi) is 9.11. The molecule has 0 spiro atoms. The van der Waals surface area contributed by atoms with Gasteiger partial charge in [-0.15, -0.1) is 0 Å². The number of benzene rings is 1. The minimum Gasteiger partial charge on any atom is -0.368 e. The minimum absolute atomic E-state index is 0.0549. The Morgan fingerprint density at radius 2 is 2.03 bits per heavy atom. The fourth-order valence-corrected chi connectivity index (χ4v) is 5.66. The van der Waals surface area contributed by atoms with Gasteiger partial charge in [-0.1, -0.05) is 19.1 Å². The number of nitrogens with one attached hydrogen (secondary N) is 1. The lowest BCUT2D eigenvalue weighted by Gasteiger charge is -2.36. The van der Waals surface area contributed by atoms with Gasteiger partial charge in [-0.2, -0.15) is 0 Å². The van der Waals surface area contributed by atoms with Gasteiger partial charge in [0, 0.05) is 38.0 Å². The molecule has 1 aromatic carbocycles. The number of nitrogens with zero attached hydrogens (tertiary/aromatic N) is 2. The van der Waals surface area contributed by atoms with Gasteiger partial charge in [0.25, 0.3) is 5.91 Å². The van der Waals surface area contributed by atoms with Crippen LogP contribution < -0.4 is 5.32 Å². The lowest BCUT2D eigenvalue weighted by molar-refractivity contribution is -0.124. The van der Waals surface area contributed by atoms with E-state index in [4.69, 9.17) is 4.74 Å². The predicted octanol–water partition coefficient (Wildman–Crippen LogP) is 3.12. The van der Waals surface area contributed by atoms with Crippen molar-refractivity contribution >= 4 is 21.6 Å². The normalized spacial score (nSPS) is 21.7. The molecule has 2 aliphatic rings. The highest BCUT2D eigenvalue weighted by Crippen LogP contribution is 2.23. The first-order valence-electron chi connectivity index (χ1n) is 12.0. The number of carbonyl (C=O) groups is 1. The quantitative estimate of drug-likeness (QED) is 0.574. The molecule has 32 heavy (non-hydrogen) atoms. The van der Waals surface area contributed by atoms with Crippen LogP contribution in [0.1, 0.15) is 51.5 Å². The molecule has 0 saturated carbocycles. The second-order valence-corrected chi connectivity index (χ2v) is 11.3. The number of ether oxygens (including phenoxy) is 1. The zero-order valence-electron chi connectivity index (χ0n) is 19.8. The maximum absolute atomic E-state index is 12.4. The van der Waals surface area contributed by atoms with Gasteiger partial charge in [-0.05, 0) is 75.6 Å². The van der Waals surface area contributed by atoms with Crippen molar-refractivity contribution < 1.29 is 17.9 Å². The van der Waals surface area contributed by atoms with E-state index in [1.165, 1.54) is 11.8 Å². The summed E-state index contributed by atoms with van der Waals surface area (Å²) in [6.45, 7) is 8.42. The van der Waals surface area contributed by atoms with Crippen molar-refractivity contribution in [3.8, 4) is 0 Å². The van der Waals surface area contributed by atoms with Crippen LogP contribution in [0.2, 0.25) is 0 Å². The van der Waals surface area contributed by atoms with E-state index in [0.717, 1.165) is 57.3 Å². The highest BCUT2D eigenvalue weighted by atomic mass is 32.2. The Hall–Kier alpha value is -1.48. The van der Waals surface area contributed by atoms with Crippen LogP contribution in [-0.2, 0) is 26.0 Å². The molecule has 2 atom stereocenters. The summed E-state index contributed by atoms with van der Waals surface area (Å²) in [6.07, 6.45) is 6.54. The molecular formula is C24H39N3O4S. The van der Waals surface area contributed by atoms with E-state index in [1.807, 2.05) is 12.1 Å². The van der Waals surface area contributed by atoms with Crippen molar-refractivity contribution in [3.05, 3.63) is 29.8 Å². The van der Waals surface area contributed by atoms with Crippen molar-refractivity contribution in [3.63, 3.8) is 0 Å². The summed E-state index contributed by atoms with van der Waals surface area (Å²) in [6, 6.07) is 8.48. The second-order valence-electron chi connectivity index (χ2n) is 9.34. The number of hydrogen-bond acceptors (Lipinski definition) is 5. The second kappa shape index (κ2) is 11.6. The van der Waals surface area contributed by atoms with Gasteiger partial charge in [0.15, 0.2) is 0 Å². The monoisotopic (exact) mass is 465 g/mol. The van der Waals surface area contributed by atoms with E-state index in [9.17, 15) is 13.2 Å². The molecule has 0 aliphatic carbocycles. The van der Waals surface area contributed by atoms with Gasteiger partial charge in [-0.25, -0.2) is 12.7 Å². The van der Waals surface area contributed by atoms with Gasteiger partial charge < -0.3 is 15.0 Å². The molecule has 2 saturated heterocycles. The van der Waals surface area contributed by atoms with Crippen molar-refractivity contribution in [2.75, 3.05) is 44.4 Å². The van der Waals surface area contributed by atoms with Crippen molar-refractivity contribution in [2.45, 2.75) is 64.5 Å². The smallest absolute Gasteiger partial charge is 0.253 e. The maximum Gasteiger partial charge on any atom is 0.253 e. The van der Waals surface area contributed by atoms with E-state index in [-0.39, 0.29) is 12.0 Å². The summed E-state index contributed by atoms with van der Waals surface area (Å²) in [5.41, 5.74) is 2.03. The van der Waals surface area contributed by atoms with Gasteiger partial charge in [0.2, 0.25) is 10.0 Å². The van der Waals surface area contributed by atoms with Crippen molar-refractivity contribution in [2.24, 2.45) is 5.92 Å². The van der Waals surface area contributed by atoms with E-state index >= 15 is 0 Å². The minimum atomic E-state index is -3.08. The summed E-state index contributed by atoms with van der Waals surface area (Å²) < 4.78 is 30.6. The average Bonchev–Trinajstić information content (AvgIpc) is 3.28. The molecule has 2 fully saturated rings. The summed E-state index contributed by atoms with van der Waals surface area (Å²) in [7, 11) is -3.08. The molecule has 8 heteroatoms. The molecule has 0 radical (unpaired) electrons. The molecule has 7 nitrogen and oxygen atoms in total. The summed E-state index contributed by atoms with van der Waals surface area (Å²) in [5, 5.41) is 3.00. The Morgan fingerprint density at radius 1 is 1.28 bits per heavy atom. The number of hydrogen-bond donors (Lipinski definition) is 1. The topological polar surface area (TPSA) is 79.0 Å². The molecule has 1 unspecified atom stereocenters. The molecule has 0 bridgehead atoms. The van der Waals surface area contributed by atoms with Gasteiger partial charge >= 0.3 is 0 Å². The molecule has 1 amide bonds. The fraction of sp³-hybridized carbons (Fsp3) is 0.708. The average molecular weight is 466 g/mol. The van der Waals surface area contributed by atoms with Crippen LogP contribution in [0.3, 0.4) is 0 Å². The number of piperidine rings is 1. The molecule has 1 N–H and O–H groups in total. The van der Waals surface area contributed by atoms with Crippen LogP contribution in [0.4, 0.5) is 5.69 Å². The third kappa shape index (κ3) is 7.27. The third-order valence-corrected chi connectivity index (χ3v) is 7.92. The Bertz CT molecular complexity index is 847. The van der Waals surface area contributed by atoms with E-state index in [0.29, 0.717) is 31.7 Å². The lowest BCUT2D eigenvalue weighted by atomic mass is 9.96. The molecular weight excluding hydrogens is 426 g/mol. The molecule has 0 aromatic heterocycles. The van der Waals surface area contributed by atoms with Gasteiger partial charge in [0.1, 0.15) is 6.10 Å². The van der Waals surface area contributed by atoms with Crippen LogP contribution >= 0.6 is 0 Å². The fourth-order valence-electron chi connectivity index (χ4n) is 4.79. The first kappa shape index (κ1) is 25.1. The first-order valence-corrected chi connectivity index (χ1v) is 13.8. The van der Waals surface area contributed by atoms with E-state index in [2.05, 4.69) is 36.2 Å². The van der Waals surface area contributed by atoms with Crippen LogP contribution in [0, 0.1) is 5.92 Å². The van der Waals surface area contributed by atoms with Crippen LogP contribution in [0.15, 0.2) is 24.3 Å². The summed E-state index contributed by atoms with van der Waals surface area (Å²) >= 11 is 0. The molecule has 1 aromatic rings. The largest absolute Gasteiger partial charge is 0.368 e. The molecule has 3 rings (SSSR count). The zero-order valence-corrected chi connectivity index (χ0v) is 20.6. The van der Waals surface area contributed by atoms with Crippen LogP contribution in [0.5, 0.6) is 0 Å². The molecule has 180 valence electrons. The van der Waals surface area contributed by atoms with E-state index in [1.54, 1.807) is 4.31 Å². The predicted molar refractivity (Wildman–Crippen MR) is 128 cm³/mol. The van der Waals surface area contributed by atoms with Gasteiger partial charge in [0.05, 0.1) is 6.26 Å². The molecule has 2 aliphatic heterocycles. The van der Waals surface area contributed by atoms with E-state index < -0.39 is 10.0 Å². The Labute approximate surface area is 193 Å². The number of rotatable bonds is 10. The number of carbonyl (C=O) groups excluding carboxylic acids is 1. The van der Waals surface area contributed by atoms with Crippen molar-refractivity contribution in [1.82, 2.24) is 9.21 Å². The van der Waals surface area contributed by atoms with Crippen LogP contribution in [0.25, 0.3) is 0 Å². The lowest BCUT2D eigenvalue weighted by Crippen LogP contribution is -2.44. The van der Waals surface area contributed by atoms with Crippen molar-refractivity contribution in [1.29, 1.82) is 0 Å². The number of amides is 1. The third-order valence-electron chi connectivity index (χ3n) is 6.62. The highest BCUT2D eigenvalue weighted by molar-refractivity contribution is 7.88. The zero-order chi connectivity index (χ0) is 23.1. The SMILES string of the molecule is CCCN(CC1CCN(S(C)(=O)=O)CC1)[C@@H](C)Cc1cccc(NC(=O)C2CCCO2)c1. The maximum atomic E-state index is 12.4. The number of anilines is 1. The Balaban J connectivity index is 1.55. The summed E-state index contributed by atoms with van der Waals surface area (Å²) in [4.78, 5) is 14.9. The van der Waals surface area contributed by atoms with Crippen LogP contribution in [-0.4, -0.2) is 74.7 Å². The highest BCUT2D eigenvalue weighted by Gasteiger charge is 2.27. The first-order chi connectivity index (χ1) is 15.3. The van der Waals surface area contributed by atoms with Gasteiger partial charge in [-0.3, -0.25) is 4.79 Å². The number of sulfonamides is 1. The molecule has 2 heterocycles. The Morgan fingerprint density at radius 3 is 2.66 bits per heavy atom.